The van der Waals surface area contributed by atoms with Crippen LogP contribution in [-0.2, 0) is 0 Å². The van der Waals surface area contributed by atoms with Gasteiger partial charge in [0.2, 0.25) is 0 Å². The van der Waals surface area contributed by atoms with Gasteiger partial charge in [0.25, 0.3) is 0 Å². The van der Waals surface area contributed by atoms with Crippen molar-refractivity contribution in [2.75, 3.05) is 7.05 Å². The topological polar surface area (TPSA) is 38.1 Å². The zero-order valence-corrected chi connectivity index (χ0v) is 11.1. The lowest BCUT2D eigenvalue weighted by molar-refractivity contribution is 0.445. The highest BCUT2D eigenvalue weighted by Crippen LogP contribution is 2.28. The quantitative estimate of drug-likeness (QED) is 0.776. The first-order valence-corrected chi connectivity index (χ1v) is 6.37. The molecule has 3 aromatic rings. The van der Waals surface area contributed by atoms with E-state index in [2.05, 4.69) is 22.4 Å². The lowest BCUT2D eigenvalue weighted by atomic mass is 9.99. The molecule has 0 aliphatic carbocycles. The highest BCUT2D eigenvalue weighted by molar-refractivity contribution is 5.82. The maximum Gasteiger partial charge on any atom is 0.125 e. The summed E-state index contributed by atoms with van der Waals surface area (Å²) in [4.78, 5) is 4.40. The van der Waals surface area contributed by atoms with Crippen LogP contribution in [0.4, 0.5) is 0 Å². The van der Waals surface area contributed by atoms with Crippen molar-refractivity contribution in [3.8, 4) is 0 Å². The Morgan fingerprint density at radius 2 is 2.00 bits per heavy atom. The second-order valence-electron chi connectivity index (χ2n) is 4.59. The molecule has 2 aromatic heterocycles. The average molecular weight is 252 g/mol. The van der Waals surface area contributed by atoms with Gasteiger partial charge in [0.15, 0.2) is 0 Å². The second kappa shape index (κ2) is 4.86. The normalized spacial score (nSPS) is 12.7. The van der Waals surface area contributed by atoms with Gasteiger partial charge in [0, 0.05) is 11.6 Å². The van der Waals surface area contributed by atoms with Gasteiger partial charge in [0.1, 0.15) is 11.5 Å². The summed E-state index contributed by atoms with van der Waals surface area (Å²) in [6, 6.07) is 14.3. The summed E-state index contributed by atoms with van der Waals surface area (Å²) in [5.74, 6) is 1.85. The van der Waals surface area contributed by atoms with Gasteiger partial charge in [-0.25, -0.2) is 0 Å². The number of fused-ring (bicyclic) bond motifs is 1. The van der Waals surface area contributed by atoms with Crippen LogP contribution in [-0.4, -0.2) is 12.0 Å². The first kappa shape index (κ1) is 11.9. The average Bonchev–Trinajstić information content (AvgIpc) is 2.86. The number of pyridine rings is 1. The third-order valence-electron chi connectivity index (χ3n) is 3.32. The molecule has 0 aliphatic rings. The molecule has 1 unspecified atom stereocenters. The highest BCUT2D eigenvalue weighted by Gasteiger charge is 2.17. The molecule has 0 bridgehead atoms. The zero-order chi connectivity index (χ0) is 13.2. The fourth-order valence-electron chi connectivity index (χ4n) is 2.44. The molecule has 1 aromatic carbocycles. The lowest BCUT2D eigenvalue weighted by Gasteiger charge is -2.16. The largest absolute Gasteiger partial charge is 0.464 e. The number of benzene rings is 1. The Labute approximate surface area is 112 Å². The Morgan fingerprint density at radius 3 is 2.74 bits per heavy atom. The summed E-state index contributed by atoms with van der Waals surface area (Å²) < 4.78 is 5.76. The van der Waals surface area contributed by atoms with Crippen LogP contribution in [0.2, 0.25) is 0 Å². The molecule has 3 rings (SSSR count). The Balaban J connectivity index is 2.16. The zero-order valence-electron chi connectivity index (χ0n) is 11.1. The van der Waals surface area contributed by atoms with Gasteiger partial charge in [-0.2, -0.15) is 0 Å². The monoisotopic (exact) mass is 252 g/mol. The van der Waals surface area contributed by atoms with Gasteiger partial charge >= 0.3 is 0 Å². The van der Waals surface area contributed by atoms with Crippen molar-refractivity contribution < 1.29 is 4.42 Å². The van der Waals surface area contributed by atoms with E-state index in [-0.39, 0.29) is 6.04 Å². The van der Waals surface area contributed by atoms with Crippen molar-refractivity contribution in [1.82, 2.24) is 10.3 Å². The van der Waals surface area contributed by atoms with E-state index in [0.29, 0.717) is 0 Å². The third-order valence-corrected chi connectivity index (χ3v) is 3.32. The molecule has 0 fully saturated rings. The predicted octanol–water partition coefficient (Wildman–Crippen LogP) is 3.45. The van der Waals surface area contributed by atoms with Gasteiger partial charge < -0.3 is 9.73 Å². The first-order chi connectivity index (χ1) is 9.29. The van der Waals surface area contributed by atoms with Crippen LogP contribution in [0.25, 0.3) is 10.9 Å². The van der Waals surface area contributed by atoms with Crippen LogP contribution in [0, 0.1) is 6.92 Å². The van der Waals surface area contributed by atoms with E-state index in [1.165, 1.54) is 5.56 Å². The summed E-state index contributed by atoms with van der Waals surface area (Å²) in [5, 5.41) is 4.47. The summed E-state index contributed by atoms with van der Waals surface area (Å²) in [6.45, 7) is 1.96. The molecule has 0 spiro atoms. The molecule has 3 heteroatoms. The molecule has 19 heavy (non-hydrogen) atoms. The minimum Gasteiger partial charge on any atom is -0.464 e. The summed E-state index contributed by atoms with van der Waals surface area (Å²) in [6.07, 6.45) is 1.82. The number of hydrogen-bond acceptors (Lipinski definition) is 3. The van der Waals surface area contributed by atoms with Crippen LogP contribution in [0.1, 0.15) is 23.1 Å². The maximum absolute atomic E-state index is 5.76. The van der Waals surface area contributed by atoms with Gasteiger partial charge in [-0.3, -0.25) is 4.98 Å². The Kier molecular flexibility index (Phi) is 3.05. The maximum atomic E-state index is 5.76. The minimum absolute atomic E-state index is 0.0431. The summed E-state index contributed by atoms with van der Waals surface area (Å²) in [5.41, 5.74) is 2.19. The number of rotatable bonds is 3. The van der Waals surface area contributed by atoms with E-state index >= 15 is 0 Å². The van der Waals surface area contributed by atoms with Crippen molar-refractivity contribution >= 4 is 10.9 Å². The van der Waals surface area contributed by atoms with Crippen LogP contribution in [0.3, 0.4) is 0 Å². The van der Waals surface area contributed by atoms with E-state index in [1.54, 1.807) is 0 Å². The molecule has 3 nitrogen and oxygen atoms in total. The van der Waals surface area contributed by atoms with Crippen molar-refractivity contribution in [3.63, 3.8) is 0 Å². The number of hydrogen-bond donors (Lipinski definition) is 1. The van der Waals surface area contributed by atoms with Crippen LogP contribution in [0.15, 0.2) is 53.1 Å². The molecule has 0 radical (unpaired) electrons. The van der Waals surface area contributed by atoms with Gasteiger partial charge in [-0.1, -0.05) is 18.2 Å². The Morgan fingerprint density at radius 1 is 1.11 bits per heavy atom. The number of aryl methyl sites for hydroxylation is 1. The molecule has 1 atom stereocenters. The molecule has 0 saturated heterocycles. The Bertz CT molecular complexity index is 697. The number of aromatic nitrogens is 1. The van der Waals surface area contributed by atoms with Crippen LogP contribution >= 0.6 is 0 Å². The molecule has 2 heterocycles. The van der Waals surface area contributed by atoms with Crippen LogP contribution < -0.4 is 5.32 Å². The van der Waals surface area contributed by atoms with Crippen molar-refractivity contribution in [2.45, 2.75) is 13.0 Å². The third kappa shape index (κ3) is 2.13. The van der Waals surface area contributed by atoms with Crippen LogP contribution in [0.5, 0.6) is 0 Å². The number of nitrogens with zero attached hydrogens (tertiary/aromatic N) is 1. The van der Waals surface area contributed by atoms with E-state index in [9.17, 15) is 0 Å². The SMILES string of the molecule is CNC(c1ccc(C)o1)c1cccc2ncccc12. The van der Waals surface area contributed by atoms with E-state index in [4.69, 9.17) is 4.42 Å². The molecule has 0 amide bonds. The molecule has 1 N–H and O–H groups in total. The highest BCUT2D eigenvalue weighted by atomic mass is 16.3. The van der Waals surface area contributed by atoms with Gasteiger partial charge in [0.05, 0.1) is 11.6 Å². The molecular weight excluding hydrogens is 236 g/mol. The van der Waals surface area contributed by atoms with Crippen molar-refractivity contribution in [3.05, 3.63) is 65.7 Å². The van der Waals surface area contributed by atoms with Crippen molar-refractivity contribution in [1.29, 1.82) is 0 Å². The molecule has 0 aliphatic heterocycles. The van der Waals surface area contributed by atoms with Gasteiger partial charge in [-0.15, -0.1) is 0 Å². The van der Waals surface area contributed by atoms with Gasteiger partial charge in [-0.05, 0) is 43.8 Å². The summed E-state index contributed by atoms with van der Waals surface area (Å²) in [7, 11) is 1.94. The molecule has 96 valence electrons. The lowest BCUT2D eigenvalue weighted by Crippen LogP contribution is -2.17. The minimum atomic E-state index is 0.0431. The fourth-order valence-corrected chi connectivity index (χ4v) is 2.44. The molecular formula is C16H16N2O. The van der Waals surface area contributed by atoms with E-state index in [1.807, 2.05) is 50.5 Å². The molecule has 0 saturated carbocycles. The van der Waals surface area contributed by atoms with Crippen molar-refractivity contribution in [2.24, 2.45) is 0 Å². The first-order valence-electron chi connectivity index (χ1n) is 6.37. The standard InChI is InChI=1S/C16H16N2O/c1-11-8-9-15(19-11)16(17-2)13-5-3-7-14-12(13)6-4-10-18-14/h3-10,16-17H,1-2H3. The number of nitrogens with one attached hydrogen (secondary N) is 1. The smallest absolute Gasteiger partial charge is 0.125 e. The summed E-state index contributed by atoms with van der Waals surface area (Å²) >= 11 is 0. The predicted molar refractivity (Wildman–Crippen MR) is 76.1 cm³/mol. The van der Waals surface area contributed by atoms with E-state index in [0.717, 1.165) is 22.4 Å². The Hall–Kier alpha value is -2.13. The second-order valence-corrected chi connectivity index (χ2v) is 4.59. The number of furan rings is 1. The fraction of sp³-hybridized carbons (Fsp3) is 0.188. The van der Waals surface area contributed by atoms with E-state index < -0.39 is 0 Å².